The van der Waals surface area contributed by atoms with Crippen LogP contribution < -0.4 is 4.74 Å². The second kappa shape index (κ2) is 5.45. The number of pyridine rings is 1. The average Bonchev–Trinajstić information content (AvgIpc) is 2.37. The number of benzene rings is 1. The minimum Gasteiger partial charge on any atom is -0.490 e. The van der Waals surface area contributed by atoms with Gasteiger partial charge in [-0.1, -0.05) is 0 Å². The lowest BCUT2D eigenvalue weighted by Crippen LogP contribution is -2.10. The van der Waals surface area contributed by atoms with E-state index in [-0.39, 0.29) is 17.3 Å². The maximum atomic E-state index is 14.0. The van der Waals surface area contributed by atoms with E-state index < -0.39 is 11.8 Å². The second-order valence-corrected chi connectivity index (χ2v) is 4.81. The third-order valence-corrected chi connectivity index (χ3v) is 2.73. The molecule has 0 saturated carbocycles. The molecule has 2 rings (SSSR count). The minimum atomic E-state index is -0.625. The van der Waals surface area contributed by atoms with E-state index in [4.69, 9.17) is 4.74 Å². The van der Waals surface area contributed by atoms with Gasteiger partial charge in [0.25, 0.3) is 0 Å². The fourth-order valence-electron chi connectivity index (χ4n) is 1.95. The summed E-state index contributed by atoms with van der Waals surface area (Å²) in [6.45, 7) is 5.50. The van der Waals surface area contributed by atoms with Gasteiger partial charge in [-0.3, -0.25) is 0 Å². The van der Waals surface area contributed by atoms with Gasteiger partial charge in [0.05, 0.1) is 13.2 Å². The minimum absolute atomic E-state index is 0.0263. The van der Waals surface area contributed by atoms with E-state index in [0.717, 1.165) is 5.56 Å². The second-order valence-electron chi connectivity index (χ2n) is 4.81. The highest BCUT2D eigenvalue weighted by molar-refractivity contribution is 5.94. The molecule has 2 aromatic rings. The van der Waals surface area contributed by atoms with Crippen molar-refractivity contribution in [2.45, 2.75) is 26.9 Å². The fraction of sp³-hybridized carbons (Fsp3) is 0.333. The molecule has 0 aliphatic carbocycles. The van der Waals surface area contributed by atoms with Gasteiger partial charge >= 0.3 is 5.97 Å². The van der Waals surface area contributed by atoms with Crippen LogP contribution in [-0.4, -0.2) is 24.2 Å². The highest BCUT2D eigenvalue weighted by Gasteiger charge is 2.16. The van der Waals surface area contributed by atoms with Gasteiger partial charge in [0.1, 0.15) is 17.1 Å². The number of aryl methyl sites for hydroxylation is 1. The summed E-state index contributed by atoms with van der Waals surface area (Å²) in [6, 6.07) is 4.63. The maximum Gasteiger partial charge on any atom is 0.356 e. The molecule has 0 aliphatic heterocycles. The summed E-state index contributed by atoms with van der Waals surface area (Å²) in [6.07, 6.45) is -0.102. The van der Waals surface area contributed by atoms with Crippen LogP contribution in [0.15, 0.2) is 18.2 Å². The zero-order valence-electron chi connectivity index (χ0n) is 11.9. The number of fused-ring (bicyclic) bond motifs is 1. The molecule has 106 valence electrons. The molecule has 0 atom stereocenters. The molecular weight excluding hydrogens is 261 g/mol. The molecule has 1 heterocycles. The number of ether oxygens (including phenoxy) is 2. The fourth-order valence-corrected chi connectivity index (χ4v) is 1.95. The molecule has 0 amide bonds. The molecule has 0 unspecified atom stereocenters. The Morgan fingerprint density at radius 3 is 2.60 bits per heavy atom. The van der Waals surface area contributed by atoms with E-state index in [1.165, 1.54) is 19.2 Å². The van der Waals surface area contributed by atoms with Gasteiger partial charge in [0, 0.05) is 11.5 Å². The lowest BCUT2D eigenvalue weighted by molar-refractivity contribution is 0.0593. The molecule has 0 aliphatic rings. The van der Waals surface area contributed by atoms with Crippen LogP contribution in [0.3, 0.4) is 0 Å². The third-order valence-electron chi connectivity index (χ3n) is 2.73. The topological polar surface area (TPSA) is 48.4 Å². The Balaban J connectivity index is 2.74. The first-order chi connectivity index (χ1) is 9.42. The molecule has 5 heteroatoms. The molecule has 1 aromatic heterocycles. The van der Waals surface area contributed by atoms with Crippen molar-refractivity contribution in [3.8, 4) is 5.75 Å². The predicted octanol–water partition coefficient (Wildman–Crippen LogP) is 3.26. The Hall–Kier alpha value is -2.17. The lowest BCUT2D eigenvalue weighted by Gasteiger charge is -2.14. The molecule has 0 spiro atoms. The number of carbonyl (C=O) groups is 1. The Morgan fingerprint density at radius 1 is 1.30 bits per heavy atom. The third kappa shape index (κ3) is 2.71. The highest BCUT2D eigenvalue weighted by atomic mass is 19.1. The largest absolute Gasteiger partial charge is 0.490 e. The number of halogens is 1. The maximum absolute atomic E-state index is 14.0. The predicted molar refractivity (Wildman–Crippen MR) is 73.5 cm³/mol. The van der Waals surface area contributed by atoms with Crippen molar-refractivity contribution in [3.05, 3.63) is 35.3 Å². The standard InChI is InChI=1S/C15H16FNO3/c1-8(2)20-13-7-12(15(18)19-4)17-14-10(13)5-9(3)6-11(14)16/h5-8H,1-4H3. The molecule has 0 saturated heterocycles. The molecule has 4 nitrogen and oxygen atoms in total. The smallest absolute Gasteiger partial charge is 0.356 e. The normalized spacial score (nSPS) is 10.9. The van der Waals surface area contributed by atoms with Gasteiger partial charge < -0.3 is 9.47 Å². The van der Waals surface area contributed by atoms with E-state index in [1.54, 1.807) is 13.0 Å². The van der Waals surface area contributed by atoms with Gasteiger partial charge in [-0.25, -0.2) is 14.2 Å². The van der Waals surface area contributed by atoms with Crippen molar-refractivity contribution in [3.63, 3.8) is 0 Å². The van der Waals surface area contributed by atoms with E-state index in [2.05, 4.69) is 9.72 Å². The average molecular weight is 277 g/mol. The van der Waals surface area contributed by atoms with Crippen molar-refractivity contribution in [2.75, 3.05) is 7.11 Å². The zero-order chi connectivity index (χ0) is 14.9. The summed E-state index contributed by atoms with van der Waals surface area (Å²) in [4.78, 5) is 15.6. The van der Waals surface area contributed by atoms with E-state index in [0.29, 0.717) is 11.1 Å². The first-order valence-corrected chi connectivity index (χ1v) is 6.28. The molecule has 0 radical (unpaired) electrons. The first-order valence-electron chi connectivity index (χ1n) is 6.28. The molecule has 20 heavy (non-hydrogen) atoms. The van der Waals surface area contributed by atoms with Crippen molar-refractivity contribution >= 4 is 16.9 Å². The molecule has 0 fully saturated rings. The number of hydrogen-bond donors (Lipinski definition) is 0. The van der Waals surface area contributed by atoms with Crippen LogP contribution in [0.4, 0.5) is 4.39 Å². The first kappa shape index (κ1) is 14.2. The van der Waals surface area contributed by atoms with Gasteiger partial charge in [-0.2, -0.15) is 0 Å². The van der Waals surface area contributed by atoms with E-state index >= 15 is 0 Å². The molecule has 0 bridgehead atoms. The lowest BCUT2D eigenvalue weighted by atomic mass is 10.1. The number of esters is 1. The zero-order valence-corrected chi connectivity index (χ0v) is 11.9. The number of methoxy groups -OCH3 is 1. The Kier molecular flexibility index (Phi) is 3.88. The summed E-state index contributed by atoms with van der Waals surface area (Å²) in [5.74, 6) is -0.687. The van der Waals surface area contributed by atoms with Crippen LogP contribution in [0.5, 0.6) is 5.75 Å². The summed E-state index contributed by atoms with van der Waals surface area (Å²) in [7, 11) is 1.25. The number of aromatic nitrogens is 1. The SMILES string of the molecule is COC(=O)c1cc(OC(C)C)c2cc(C)cc(F)c2n1. The van der Waals surface area contributed by atoms with Gasteiger partial charge in [0.2, 0.25) is 0 Å². The quantitative estimate of drug-likeness (QED) is 0.808. The van der Waals surface area contributed by atoms with Crippen LogP contribution in [0.1, 0.15) is 29.9 Å². The van der Waals surface area contributed by atoms with Crippen LogP contribution in [0.2, 0.25) is 0 Å². The van der Waals surface area contributed by atoms with Crippen LogP contribution in [0, 0.1) is 12.7 Å². The summed E-state index contributed by atoms with van der Waals surface area (Å²) < 4.78 is 24.3. The summed E-state index contributed by atoms with van der Waals surface area (Å²) in [5.41, 5.74) is 0.892. The van der Waals surface area contributed by atoms with Crippen molar-refractivity contribution < 1.29 is 18.7 Å². The summed E-state index contributed by atoms with van der Waals surface area (Å²) in [5, 5.41) is 0.545. The van der Waals surface area contributed by atoms with Gasteiger partial charge in [0.15, 0.2) is 5.69 Å². The Bertz CT molecular complexity index is 668. The van der Waals surface area contributed by atoms with Crippen molar-refractivity contribution in [2.24, 2.45) is 0 Å². The van der Waals surface area contributed by atoms with E-state index in [9.17, 15) is 9.18 Å². The molecule has 0 N–H and O–H groups in total. The Morgan fingerprint density at radius 2 is 2.00 bits per heavy atom. The van der Waals surface area contributed by atoms with Crippen LogP contribution in [-0.2, 0) is 4.74 Å². The van der Waals surface area contributed by atoms with E-state index in [1.807, 2.05) is 13.8 Å². The monoisotopic (exact) mass is 277 g/mol. The van der Waals surface area contributed by atoms with Crippen LogP contribution in [0.25, 0.3) is 10.9 Å². The highest BCUT2D eigenvalue weighted by Crippen LogP contribution is 2.29. The van der Waals surface area contributed by atoms with Crippen LogP contribution >= 0.6 is 0 Å². The number of carbonyl (C=O) groups excluding carboxylic acids is 1. The number of rotatable bonds is 3. The van der Waals surface area contributed by atoms with Gasteiger partial charge in [-0.15, -0.1) is 0 Å². The van der Waals surface area contributed by atoms with Gasteiger partial charge in [-0.05, 0) is 38.5 Å². The molecule has 1 aromatic carbocycles. The number of nitrogens with zero attached hydrogens (tertiary/aromatic N) is 1. The Labute approximate surface area is 116 Å². The summed E-state index contributed by atoms with van der Waals surface area (Å²) >= 11 is 0. The number of hydrogen-bond acceptors (Lipinski definition) is 4. The van der Waals surface area contributed by atoms with Crippen molar-refractivity contribution in [1.29, 1.82) is 0 Å². The molecular formula is C15H16FNO3. The van der Waals surface area contributed by atoms with Crippen molar-refractivity contribution in [1.82, 2.24) is 4.98 Å².